The molecule has 1 aliphatic heterocycles. The number of hydrogen-bond donors (Lipinski definition) is 1. The van der Waals surface area contributed by atoms with Crippen LogP contribution in [0, 0.1) is 0 Å². The van der Waals surface area contributed by atoms with Crippen LogP contribution in [0.2, 0.25) is 0 Å². The van der Waals surface area contributed by atoms with Gasteiger partial charge < -0.3 is 10.0 Å². The molecule has 3 heteroatoms. The maximum Gasteiger partial charge on any atom is 0.222 e. The number of aliphatic hydroxyl groups is 1. The lowest BCUT2D eigenvalue weighted by atomic mass is 10.2. The minimum atomic E-state index is -0.0648. The Balaban J connectivity index is 0.000000226. The van der Waals surface area contributed by atoms with E-state index in [0.29, 0.717) is 5.91 Å². The smallest absolute Gasteiger partial charge is 0.222 e. The molecule has 1 rings (SSSR count). The first-order valence-corrected chi connectivity index (χ1v) is 5.03. The zero-order chi connectivity index (χ0) is 10.3. The van der Waals surface area contributed by atoms with Gasteiger partial charge in [-0.05, 0) is 19.3 Å². The molecule has 0 aromatic carbocycles. The minimum absolute atomic E-state index is 0.0648. The molecule has 0 unspecified atom stereocenters. The Hall–Kier alpha value is -0.570. The van der Waals surface area contributed by atoms with Gasteiger partial charge in [0.2, 0.25) is 5.91 Å². The Bertz CT molecular complexity index is 144. The summed E-state index contributed by atoms with van der Waals surface area (Å²) in [6.45, 7) is 4.92. The van der Waals surface area contributed by atoms with Crippen LogP contribution < -0.4 is 0 Å². The fourth-order valence-corrected chi connectivity index (χ4v) is 1.07. The monoisotopic (exact) mass is 187 g/mol. The number of carbonyl (C=O) groups is 1. The molecule has 1 amide bonds. The molecule has 0 saturated carbocycles. The van der Waals surface area contributed by atoms with E-state index >= 15 is 0 Å². The molecule has 1 aliphatic rings. The van der Waals surface area contributed by atoms with E-state index in [9.17, 15) is 4.79 Å². The average Bonchev–Trinajstić information content (AvgIpc) is 2.51. The van der Waals surface area contributed by atoms with Gasteiger partial charge in [0.25, 0.3) is 0 Å². The average molecular weight is 187 g/mol. The molecule has 0 radical (unpaired) electrons. The van der Waals surface area contributed by atoms with Crippen molar-refractivity contribution < 1.29 is 9.90 Å². The molecule has 1 saturated heterocycles. The van der Waals surface area contributed by atoms with E-state index in [1.807, 2.05) is 20.9 Å². The van der Waals surface area contributed by atoms with Crippen molar-refractivity contribution in [1.29, 1.82) is 0 Å². The van der Waals surface area contributed by atoms with Crippen LogP contribution in [0.15, 0.2) is 0 Å². The van der Waals surface area contributed by atoms with Crippen molar-refractivity contribution in [2.45, 2.75) is 45.6 Å². The summed E-state index contributed by atoms with van der Waals surface area (Å²) in [7, 11) is 1.84. The van der Waals surface area contributed by atoms with Crippen LogP contribution in [0.5, 0.6) is 0 Å². The lowest BCUT2D eigenvalue weighted by Crippen LogP contribution is -2.17. The van der Waals surface area contributed by atoms with Crippen LogP contribution in [0.1, 0.15) is 39.5 Å². The maximum atomic E-state index is 10.5. The molecule has 13 heavy (non-hydrogen) atoms. The van der Waals surface area contributed by atoms with E-state index in [4.69, 9.17) is 5.11 Å². The molecule has 1 N–H and O–H groups in total. The van der Waals surface area contributed by atoms with Gasteiger partial charge in [-0.1, -0.05) is 13.8 Å². The minimum Gasteiger partial charge on any atom is -0.393 e. The first kappa shape index (κ1) is 12.4. The molecule has 0 spiro atoms. The molecule has 0 bridgehead atoms. The molecule has 1 fully saturated rings. The van der Waals surface area contributed by atoms with Gasteiger partial charge >= 0.3 is 0 Å². The third-order valence-corrected chi connectivity index (χ3v) is 2.25. The van der Waals surface area contributed by atoms with Gasteiger partial charge in [-0.15, -0.1) is 0 Å². The first-order chi connectivity index (χ1) is 6.11. The second kappa shape index (κ2) is 6.89. The van der Waals surface area contributed by atoms with Crippen LogP contribution in [0.4, 0.5) is 0 Å². The summed E-state index contributed by atoms with van der Waals surface area (Å²) in [6, 6.07) is 0. The van der Waals surface area contributed by atoms with Crippen molar-refractivity contribution in [3.05, 3.63) is 0 Å². The van der Waals surface area contributed by atoms with Crippen molar-refractivity contribution in [3.8, 4) is 0 Å². The van der Waals surface area contributed by atoms with E-state index < -0.39 is 0 Å². The van der Waals surface area contributed by atoms with Crippen molar-refractivity contribution in [2.24, 2.45) is 0 Å². The highest BCUT2D eigenvalue weighted by molar-refractivity contribution is 5.77. The highest BCUT2D eigenvalue weighted by Gasteiger charge is 2.14. The largest absolute Gasteiger partial charge is 0.393 e. The molecule has 0 aromatic rings. The van der Waals surface area contributed by atoms with Gasteiger partial charge in [-0.3, -0.25) is 4.79 Å². The molecular weight excluding hydrogens is 166 g/mol. The highest BCUT2D eigenvalue weighted by Crippen LogP contribution is 2.04. The van der Waals surface area contributed by atoms with Gasteiger partial charge in [0, 0.05) is 20.0 Å². The summed E-state index contributed by atoms with van der Waals surface area (Å²) in [4.78, 5) is 12.3. The summed E-state index contributed by atoms with van der Waals surface area (Å²) in [5.74, 6) is 0.292. The van der Waals surface area contributed by atoms with Crippen molar-refractivity contribution in [3.63, 3.8) is 0 Å². The first-order valence-electron chi connectivity index (χ1n) is 5.03. The lowest BCUT2D eigenvalue weighted by Gasteiger charge is -2.03. The van der Waals surface area contributed by atoms with E-state index in [1.54, 1.807) is 4.90 Å². The molecular formula is C10H21NO2. The fourth-order valence-electron chi connectivity index (χ4n) is 1.07. The molecule has 78 valence electrons. The lowest BCUT2D eigenvalue weighted by molar-refractivity contribution is -0.126. The van der Waals surface area contributed by atoms with Crippen LogP contribution in [0.3, 0.4) is 0 Å². The number of amides is 1. The van der Waals surface area contributed by atoms with Crippen molar-refractivity contribution in [2.75, 3.05) is 13.6 Å². The normalized spacial score (nSPS) is 16.1. The standard InChI is InChI=1S/C5H9NO.C5H12O/c1-6-4-2-3-5(6)7;1-3-5(6)4-2/h2-4H2,1H3;5-6H,3-4H2,1-2H3. The third-order valence-electron chi connectivity index (χ3n) is 2.25. The van der Waals surface area contributed by atoms with Crippen molar-refractivity contribution in [1.82, 2.24) is 4.90 Å². The zero-order valence-corrected chi connectivity index (χ0v) is 8.92. The Morgan fingerprint density at radius 1 is 1.46 bits per heavy atom. The Kier molecular flexibility index (Phi) is 6.59. The van der Waals surface area contributed by atoms with Gasteiger partial charge in [0.15, 0.2) is 0 Å². The maximum absolute atomic E-state index is 10.5. The molecule has 0 aliphatic carbocycles. The topological polar surface area (TPSA) is 40.5 Å². The summed E-state index contributed by atoms with van der Waals surface area (Å²) in [5.41, 5.74) is 0. The Morgan fingerprint density at radius 2 is 2.00 bits per heavy atom. The number of nitrogens with zero attached hydrogens (tertiary/aromatic N) is 1. The second-order valence-electron chi connectivity index (χ2n) is 3.39. The van der Waals surface area contributed by atoms with E-state index in [-0.39, 0.29) is 6.10 Å². The van der Waals surface area contributed by atoms with Gasteiger partial charge in [0.05, 0.1) is 6.10 Å². The molecule has 3 nitrogen and oxygen atoms in total. The molecule has 1 heterocycles. The number of aliphatic hydroxyl groups excluding tert-OH is 1. The van der Waals surface area contributed by atoms with E-state index in [2.05, 4.69) is 0 Å². The van der Waals surface area contributed by atoms with Gasteiger partial charge in [-0.2, -0.15) is 0 Å². The summed E-state index contributed by atoms with van der Waals surface area (Å²) >= 11 is 0. The quantitative estimate of drug-likeness (QED) is 0.710. The number of hydrogen-bond acceptors (Lipinski definition) is 2. The summed E-state index contributed by atoms with van der Waals surface area (Å²) < 4.78 is 0. The van der Waals surface area contributed by atoms with Crippen LogP contribution in [0.25, 0.3) is 0 Å². The third kappa shape index (κ3) is 5.64. The number of rotatable bonds is 2. The molecule has 0 aromatic heterocycles. The summed E-state index contributed by atoms with van der Waals surface area (Å²) in [5, 5.41) is 8.67. The predicted octanol–water partition coefficient (Wildman–Crippen LogP) is 1.41. The van der Waals surface area contributed by atoms with Crippen LogP contribution in [-0.2, 0) is 4.79 Å². The van der Waals surface area contributed by atoms with E-state index in [1.165, 1.54) is 0 Å². The van der Waals surface area contributed by atoms with E-state index in [0.717, 1.165) is 32.2 Å². The van der Waals surface area contributed by atoms with Gasteiger partial charge in [-0.25, -0.2) is 0 Å². The van der Waals surface area contributed by atoms with Crippen molar-refractivity contribution >= 4 is 5.91 Å². The Morgan fingerprint density at radius 3 is 2.08 bits per heavy atom. The molecule has 0 atom stereocenters. The number of likely N-dealkylation sites (tertiary alicyclic amines) is 1. The highest BCUT2D eigenvalue weighted by atomic mass is 16.3. The Labute approximate surface area is 80.7 Å². The second-order valence-corrected chi connectivity index (χ2v) is 3.39. The SMILES string of the molecule is CCC(O)CC.CN1CCCC1=O. The van der Waals surface area contributed by atoms with Gasteiger partial charge in [0.1, 0.15) is 0 Å². The fraction of sp³-hybridized carbons (Fsp3) is 0.900. The zero-order valence-electron chi connectivity index (χ0n) is 8.92. The predicted molar refractivity (Wildman–Crippen MR) is 53.5 cm³/mol. The number of carbonyl (C=O) groups excluding carboxylic acids is 1. The van der Waals surface area contributed by atoms with Crippen LogP contribution in [-0.4, -0.2) is 35.6 Å². The van der Waals surface area contributed by atoms with Crippen LogP contribution >= 0.6 is 0 Å². The summed E-state index contributed by atoms with van der Waals surface area (Å²) in [6.07, 6.45) is 3.52.